The summed E-state index contributed by atoms with van der Waals surface area (Å²) in [6, 6.07) is 7.62. The fourth-order valence-corrected chi connectivity index (χ4v) is 3.06. The summed E-state index contributed by atoms with van der Waals surface area (Å²) in [5, 5.41) is 17.6. The lowest BCUT2D eigenvalue weighted by atomic mass is 10.2. The van der Waals surface area contributed by atoms with E-state index in [9.17, 15) is 23.3 Å². The third-order valence-corrected chi connectivity index (χ3v) is 4.46. The van der Waals surface area contributed by atoms with Gasteiger partial charge in [0.2, 0.25) is 11.1 Å². The van der Waals surface area contributed by atoms with E-state index in [1.165, 1.54) is 11.6 Å². The number of anilines is 1. The van der Waals surface area contributed by atoms with Gasteiger partial charge >= 0.3 is 11.9 Å². The predicted molar refractivity (Wildman–Crippen MR) is 104 cm³/mol. The molecule has 0 aliphatic heterocycles. The Morgan fingerprint density at radius 1 is 1.23 bits per heavy atom. The van der Waals surface area contributed by atoms with Gasteiger partial charge in [-0.05, 0) is 48.7 Å². The van der Waals surface area contributed by atoms with Crippen LogP contribution in [0.5, 0.6) is 0 Å². The molecule has 3 aromatic rings. The van der Waals surface area contributed by atoms with Crippen molar-refractivity contribution in [2.24, 2.45) is 0 Å². The first kappa shape index (κ1) is 21.5. The molecule has 0 fully saturated rings. The van der Waals surface area contributed by atoms with E-state index < -0.39 is 16.8 Å². The highest BCUT2D eigenvalue weighted by Crippen LogP contribution is 2.30. The molecule has 0 aliphatic carbocycles. The van der Waals surface area contributed by atoms with Crippen LogP contribution in [0.25, 0.3) is 5.69 Å². The van der Waals surface area contributed by atoms with Crippen molar-refractivity contribution in [2.45, 2.75) is 33.0 Å². The Labute approximate surface area is 173 Å². The zero-order valence-electron chi connectivity index (χ0n) is 15.9. The van der Waals surface area contributed by atoms with Crippen LogP contribution in [0.1, 0.15) is 29.6 Å². The van der Waals surface area contributed by atoms with E-state index in [4.69, 9.17) is 11.6 Å². The molecular formula is C18H16ClF3N6O2. The number of aromatic nitrogens is 4. The van der Waals surface area contributed by atoms with Crippen molar-refractivity contribution in [3.05, 3.63) is 68.4 Å². The van der Waals surface area contributed by atoms with Crippen molar-refractivity contribution < 1.29 is 18.1 Å². The molecule has 3 rings (SSSR count). The highest BCUT2D eigenvalue weighted by molar-refractivity contribution is 6.28. The van der Waals surface area contributed by atoms with Crippen molar-refractivity contribution in [3.8, 4) is 5.69 Å². The highest BCUT2D eigenvalue weighted by Gasteiger charge is 2.34. The quantitative estimate of drug-likeness (QED) is 0.338. The summed E-state index contributed by atoms with van der Waals surface area (Å²) in [6.45, 7) is 3.38. The largest absolute Gasteiger partial charge is 0.435 e. The molecule has 0 aliphatic rings. The minimum absolute atomic E-state index is 0.0169. The molecule has 2 aromatic heterocycles. The fraction of sp³-hybridized carbons (Fsp3) is 0.278. The molecule has 0 bridgehead atoms. The molecule has 0 saturated heterocycles. The van der Waals surface area contributed by atoms with Gasteiger partial charge in [-0.3, -0.25) is 10.1 Å². The standard InChI is InChI=1S/C18H16ClF3N6O2/c1-3-12-8-14(18(20,21)22)26-27(12)13-6-4-11(5-7-13)9-23-16-15(28(29)30)10(2)24-17(19)25-16/h4-8H,3,9H2,1-2H3,(H,23,24,25). The Kier molecular flexibility index (Phi) is 5.92. The third-order valence-electron chi connectivity index (χ3n) is 4.29. The molecule has 0 radical (unpaired) electrons. The lowest BCUT2D eigenvalue weighted by molar-refractivity contribution is -0.385. The van der Waals surface area contributed by atoms with Gasteiger partial charge in [0.05, 0.1) is 10.6 Å². The number of aryl methyl sites for hydroxylation is 2. The van der Waals surface area contributed by atoms with E-state index in [-0.39, 0.29) is 29.0 Å². The van der Waals surface area contributed by atoms with Gasteiger partial charge < -0.3 is 5.32 Å². The van der Waals surface area contributed by atoms with Crippen LogP contribution in [0, 0.1) is 17.0 Å². The maximum Gasteiger partial charge on any atom is 0.435 e. The van der Waals surface area contributed by atoms with Crippen LogP contribution in [0.4, 0.5) is 24.7 Å². The number of benzene rings is 1. The second-order valence-corrected chi connectivity index (χ2v) is 6.67. The summed E-state index contributed by atoms with van der Waals surface area (Å²) in [5.41, 5.74) is 0.520. The first-order chi connectivity index (χ1) is 14.1. The molecule has 1 N–H and O–H groups in total. The van der Waals surface area contributed by atoms with Gasteiger partial charge in [0.1, 0.15) is 5.69 Å². The van der Waals surface area contributed by atoms with Gasteiger partial charge in [-0.25, -0.2) is 9.67 Å². The van der Waals surface area contributed by atoms with Crippen molar-refractivity contribution in [1.82, 2.24) is 19.7 Å². The number of hydrogen-bond donors (Lipinski definition) is 1. The average molecular weight is 441 g/mol. The van der Waals surface area contributed by atoms with E-state index in [0.29, 0.717) is 17.8 Å². The van der Waals surface area contributed by atoms with Crippen molar-refractivity contribution >= 4 is 23.1 Å². The Morgan fingerprint density at radius 3 is 2.47 bits per heavy atom. The Bertz CT molecular complexity index is 1080. The minimum atomic E-state index is -4.52. The summed E-state index contributed by atoms with van der Waals surface area (Å²) in [7, 11) is 0. The molecular weight excluding hydrogens is 425 g/mol. The van der Waals surface area contributed by atoms with Gasteiger partial charge in [-0.1, -0.05) is 19.1 Å². The average Bonchev–Trinajstić information content (AvgIpc) is 3.10. The Balaban J connectivity index is 1.82. The number of rotatable bonds is 6. The van der Waals surface area contributed by atoms with Gasteiger partial charge in [0, 0.05) is 12.2 Å². The molecule has 0 saturated carbocycles. The molecule has 8 nitrogen and oxygen atoms in total. The Hall–Kier alpha value is -3.21. The summed E-state index contributed by atoms with van der Waals surface area (Å²) in [5.74, 6) is -0.0169. The van der Waals surface area contributed by atoms with Crippen LogP contribution in [0.2, 0.25) is 5.28 Å². The van der Waals surface area contributed by atoms with Crippen molar-refractivity contribution in [1.29, 1.82) is 0 Å². The van der Waals surface area contributed by atoms with Crippen LogP contribution in [0.15, 0.2) is 30.3 Å². The zero-order valence-corrected chi connectivity index (χ0v) is 16.6. The summed E-state index contributed by atoms with van der Waals surface area (Å²) >= 11 is 5.79. The molecule has 12 heteroatoms. The van der Waals surface area contributed by atoms with E-state index in [2.05, 4.69) is 20.4 Å². The molecule has 0 unspecified atom stereocenters. The van der Waals surface area contributed by atoms with Gasteiger partial charge in [-0.2, -0.15) is 23.3 Å². The lowest BCUT2D eigenvalue weighted by Crippen LogP contribution is -2.09. The first-order valence-electron chi connectivity index (χ1n) is 8.78. The maximum atomic E-state index is 13.0. The second-order valence-electron chi connectivity index (χ2n) is 6.34. The van der Waals surface area contributed by atoms with Crippen LogP contribution >= 0.6 is 11.6 Å². The van der Waals surface area contributed by atoms with Gasteiger partial charge in [-0.15, -0.1) is 0 Å². The topological polar surface area (TPSA) is 98.8 Å². The van der Waals surface area contributed by atoms with Crippen LogP contribution in [-0.4, -0.2) is 24.7 Å². The fourth-order valence-electron chi connectivity index (χ4n) is 2.85. The molecule has 0 atom stereocenters. The van der Waals surface area contributed by atoms with Gasteiger partial charge in [0.15, 0.2) is 5.69 Å². The van der Waals surface area contributed by atoms with Crippen LogP contribution in [0.3, 0.4) is 0 Å². The highest BCUT2D eigenvalue weighted by atomic mass is 35.5. The number of nitrogens with zero attached hydrogens (tertiary/aromatic N) is 5. The van der Waals surface area contributed by atoms with Crippen LogP contribution in [-0.2, 0) is 19.1 Å². The molecule has 0 spiro atoms. The number of nitrogens with one attached hydrogen (secondary N) is 1. The predicted octanol–water partition coefficient (Wildman–Crippen LogP) is 4.73. The number of alkyl halides is 3. The van der Waals surface area contributed by atoms with E-state index in [1.807, 2.05) is 0 Å². The minimum Gasteiger partial charge on any atom is -0.360 e. The molecule has 2 heterocycles. The number of halogens is 4. The summed E-state index contributed by atoms with van der Waals surface area (Å²) < 4.78 is 40.1. The summed E-state index contributed by atoms with van der Waals surface area (Å²) in [4.78, 5) is 18.3. The second kappa shape index (κ2) is 8.27. The molecule has 1 aromatic carbocycles. The van der Waals surface area contributed by atoms with Crippen LogP contribution < -0.4 is 5.32 Å². The van der Waals surface area contributed by atoms with E-state index >= 15 is 0 Å². The SMILES string of the molecule is CCc1cc(C(F)(F)F)nn1-c1ccc(CNc2nc(Cl)nc(C)c2[N+](=O)[O-])cc1. The zero-order chi connectivity index (χ0) is 22.1. The van der Waals surface area contributed by atoms with E-state index in [1.54, 1.807) is 31.2 Å². The van der Waals surface area contributed by atoms with Crippen molar-refractivity contribution in [2.75, 3.05) is 5.32 Å². The normalized spacial score (nSPS) is 11.5. The Morgan fingerprint density at radius 2 is 1.90 bits per heavy atom. The lowest BCUT2D eigenvalue weighted by Gasteiger charge is -2.10. The van der Waals surface area contributed by atoms with Crippen molar-refractivity contribution in [3.63, 3.8) is 0 Å². The number of hydrogen-bond acceptors (Lipinski definition) is 6. The third kappa shape index (κ3) is 4.51. The monoisotopic (exact) mass is 440 g/mol. The van der Waals surface area contributed by atoms with Gasteiger partial charge in [0.25, 0.3) is 0 Å². The molecule has 0 amide bonds. The first-order valence-corrected chi connectivity index (χ1v) is 9.15. The smallest absolute Gasteiger partial charge is 0.360 e. The summed E-state index contributed by atoms with van der Waals surface area (Å²) in [6.07, 6.45) is -4.14. The number of nitro groups is 1. The maximum absolute atomic E-state index is 13.0. The molecule has 158 valence electrons. The molecule has 30 heavy (non-hydrogen) atoms. The van der Waals surface area contributed by atoms with E-state index in [0.717, 1.165) is 11.6 Å².